The second-order valence-corrected chi connectivity index (χ2v) is 16.6. The van der Waals surface area contributed by atoms with Crippen LogP contribution in [0.25, 0.3) is 100 Å². The highest BCUT2D eigenvalue weighted by atomic mass is 16.3. The predicted molar refractivity (Wildman–Crippen MR) is 259 cm³/mol. The number of fused-ring (bicyclic) bond motifs is 6. The first-order chi connectivity index (χ1) is 31.1. The minimum Gasteiger partial charge on any atom is -0.456 e. The number of hydrogen-bond acceptors (Lipinski definition) is 3. The predicted octanol–water partition coefficient (Wildman–Crippen LogP) is 15.7. The Morgan fingerprint density at radius 1 is 0.349 bits per heavy atom. The van der Waals surface area contributed by atoms with Crippen LogP contribution >= 0.6 is 0 Å². The lowest BCUT2D eigenvalue weighted by atomic mass is 9.74. The van der Waals surface area contributed by atoms with Crippen LogP contribution in [0.4, 0.5) is 0 Å². The van der Waals surface area contributed by atoms with Gasteiger partial charge in [0, 0.05) is 32.9 Å². The molecule has 0 radical (unpaired) electrons. The van der Waals surface area contributed by atoms with Crippen LogP contribution in [0.5, 0.6) is 0 Å². The van der Waals surface area contributed by atoms with Crippen molar-refractivity contribution in [3.8, 4) is 78.4 Å². The molecule has 0 saturated heterocycles. The molecule has 0 spiro atoms. The standard InChI is InChI=1S/C60H40N2O/c1-60(45-22-9-4-10-23-45)52-29-15-13-27-50(52)58-49(28-17-30-53(58)60)47-25-12-11-24-46(47)43-34-42(41-32-33-57-51(37-41)48-26-14-16-31-56(48)63-57)35-44(36-43)55-38-54(39-18-5-2-6-19-39)61-59(62-55)40-20-7-3-8-21-40/h2-38H,1H3. The van der Waals surface area contributed by atoms with E-state index in [2.05, 4.69) is 195 Å². The number of aromatic nitrogens is 2. The van der Waals surface area contributed by atoms with Crippen molar-refractivity contribution in [3.05, 3.63) is 241 Å². The van der Waals surface area contributed by atoms with Crippen LogP contribution in [0.15, 0.2) is 229 Å². The van der Waals surface area contributed by atoms with Crippen molar-refractivity contribution in [2.75, 3.05) is 0 Å². The Labute approximate surface area is 366 Å². The molecule has 11 aromatic rings. The number of para-hydroxylation sites is 1. The normalized spacial score (nSPS) is 14.2. The van der Waals surface area contributed by atoms with E-state index in [4.69, 9.17) is 14.4 Å². The van der Waals surface area contributed by atoms with Gasteiger partial charge in [0.1, 0.15) is 11.2 Å². The molecule has 1 unspecified atom stereocenters. The minimum atomic E-state index is -0.305. The highest BCUT2D eigenvalue weighted by Crippen LogP contribution is 2.56. The van der Waals surface area contributed by atoms with Gasteiger partial charge in [0.25, 0.3) is 0 Å². The van der Waals surface area contributed by atoms with Gasteiger partial charge in [-0.2, -0.15) is 0 Å². The zero-order valence-electron chi connectivity index (χ0n) is 34.7. The van der Waals surface area contributed by atoms with Crippen molar-refractivity contribution < 1.29 is 4.42 Å². The Kier molecular flexibility index (Phi) is 8.62. The molecule has 0 bridgehead atoms. The molecule has 12 rings (SSSR count). The van der Waals surface area contributed by atoms with Crippen LogP contribution in [-0.2, 0) is 5.41 Å². The summed E-state index contributed by atoms with van der Waals surface area (Å²) >= 11 is 0. The summed E-state index contributed by atoms with van der Waals surface area (Å²) in [4.78, 5) is 10.5. The van der Waals surface area contributed by atoms with E-state index < -0.39 is 0 Å². The van der Waals surface area contributed by atoms with Gasteiger partial charge in [-0.05, 0) is 111 Å². The first-order valence-electron chi connectivity index (χ1n) is 21.6. The van der Waals surface area contributed by atoms with Gasteiger partial charge in [-0.25, -0.2) is 9.97 Å². The number of hydrogen-bond donors (Lipinski definition) is 0. The lowest BCUT2D eigenvalue weighted by Gasteiger charge is -2.28. The summed E-state index contributed by atoms with van der Waals surface area (Å²) in [6, 6.07) is 80.2. The highest BCUT2D eigenvalue weighted by molar-refractivity contribution is 6.06. The molecule has 296 valence electrons. The fraction of sp³-hybridized carbons (Fsp3) is 0.0333. The Morgan fingerprint density at radius 2 is 0.921 bits per heavy atom. The van der Waals surface area contributed by atoms with Gasteiger partial charge in [0.2, 0.25) is 0 Å². The molecule has 1 aliphatic rings. The van der Waals surface area contributed by atoms with E-state index in [1.807, 2.05) is 36.4 Å². The summed E-state index contributed by atoms with van der Waals surface area (Å²) in [5, 5.41) is 2.20. The van der Waals surface area contributed by atoms with E-state index in [-0.39, 0.29) is 5.41 Å². The van der Waals surface area contributed by atoms with Gasteiger partial charge >= 0.3 is 0 Å². The van der Waals surface area contributed by atoms with Crippen molar-refractivity contribution in [2.45, 2.75) is 12.3 Å². The summed E-state index contributed by atoms with van der Waals surface area (Å²) in [6.45, 7) is 2.38. The van der Waals surface area contributed by atoms with Gasteiger partial charge < -0.3 is 4.42 Å². The van der Waals surface area contributed by atoms with Crippen LogP contribution in [-0.4, -0.2) is 9.97 Å². The molecule has 1 aliphatic carbocycles. The van der Waals surface area contributed by atoms with Crippen LogP contribution in [0.2, 0.25) is 0 Å². The molecule has 0 saturated carbocycles. The van der Waals surface area contributed by atoms with E-state index in [9.17, 15) is 0 Å². The Bertz CT molecular complexity index is 3460. The topological polar surface area (TPSA) is 38.9 Å². The summed E-state index contributed by atoms with van der Waals surface area (Å²) in [6.07, 6.45) is 0. The molecule has 3 nitrogen and oxygen atoms in total. The average Bonchev–Trinajstić information content (AvgIpc) is 3.87. The molecule has 0 fully saturated rings. The van der Waals surface area contributed by atoms with Crippen molar-refractivity contribution in [1.29, 1.82) is 0 Å². The average molecular weight is 805 g/mol. The second-order valence-electron chi connectivity index (χ2n) is 16.6. The van der Waals surface area contributed by atoms with Crippen LogP contribution in [0.1, 0.15) is 23.6 Å². The zero-order valence-corrected chi connectivity index (χ0v) is 34.7. The van der Waals surface area contributed by atoms with E-state index >= 15 is 0 Å². The fourth-order valence-electron chi connectivity index (χ4n) is 9.89. The van der Waals surface area contributed by atoms with E-state index in [0.717, 1.165) is 72.3 Å². The Hall–Kier alpha value is -8.14. The summed E-state index contributed by atoms with van der Waals surface area (Å²) in [5.41, 5.74) is 19.5. The third kappa shape index (κ3) is 6.12. The number of benzene rings is 9. The maximum atomic E-state index is 6.29. The fourth-order valence-corrected chi connectivity index (χ4v) is 9.89. The molecule has 0 aliphatic heterocycles. The number of furan rings is 1. The summed E-state index contributed by atoms with van der Waals surface area (Å²) < 4.78 is 6.29. The molecule has 2 heterocycles. The maximum Gasteiger partial charge on any atom is 0.160 e. The van der Waals surface area contributed by atoms with Gasteiger partial charge in [-0.3, -0.25) is 0 Å². The van der Waals surface area contributed by atoms with Crippen molar-refractivity contribution in [3.63, 3.8) is 0 Å². The maximum absolute atomic E-state index is 6.29. The molecule has 9 aromatic carbocycles. The highest BCUT2D eigenvalue weighted by Gasteiger charge is 2.41. The quantitative estimate of drug-likeness (QED) is 0.161. The molecule has 0 N–H and O–H groups in total. The smallest absolute Gasteiger partial charge is 0.160 e. The largest absolute Gasteiger partial charge is 0.456 e. The van der Waals surface area contributed by atoms with Crippen LogP contribution in [0.3, 0.4) is 0 Å². The first-order valence-corrected chi connectivity index (χ1v) is 21.6. The van der Waals surface area contributed by atoms with Crippen molar-refractivity contribution in [1.82, 2.24) is 9.97 Å². The SMILES string of the molecule is CC1(c2ccccc2)c2ccccc2-c2c(-c3ccccc3-c3cc(-c4ccc5oc6ccccc6c5c4)cc(-c4cc(-c5ccccc5)nc(-c5ccccc5)n4)c3)cccc21. The summed E-state index contributed by atoms with van der Waals surface area (Å²) in [5.74, 6) is 0.686. The van der Waals surface area contributed by atoms with Gasteiger partial charge in [0.05, 0.1) is 11.4 Å². The van der Waals surface area contributed by atoms with E-state index in [0.29, 0.717) is 5.82 Å². The third-order valence-corrected chi connectivity index (χ3v) is 13.0. The molecular weight excluding hydrogens is 765 g/mol. The monoisotopic (exact) mass is 804 g/mol. The lowest BCUT2D eigenvalue weighted by molar-refractivity contribution is 0.669. The van der Waals surface area contributed by atoms with Gasteiger partial charge in [0.15, 0.2) is 5.82 Å². The molecule has 3 heteroatoms. The summed E-state index contributed by atoms with van der Waals surface area (Å²) in [7, 11) is 0. The van der Waals surface area contributed by atoms with Gasteiger partial charge in [-0.1, -0.05) is 182 Å². The van der Waals surface area contributed by atoms with Gasteiger partial charge in [-0.15, -0.1) is 0 Å². The zero-order chi connectivity index (χ0) is 41.9. The minimum absolute atomic E-state index is 0.305. The number of rotatable bonds is 7. The molecule has 2 aromatic heterocycles. The first kappa shape index (κ1) is 36.7. The molecule has 63 heavy (non-hydrogen) atoms. The molecule has 0 amide bonds. The molecule has 1 atom stereocenters. The molecular formula is C60H40N2O. The van der Waals surface area contributed by atoms with Crippen LogP contribution < -0.4 is 0 Å². The third-order valence-electron chi connectivity index (χ3n) is 13.0. The van der Waals surface area contributed by atoms with Crippen molar-refractivity contribution >= 4 is 21.9 Å². The lowest BCUT2D eigenvalue weighted by Crippen LogP contribution is -2.22. The van der Waals surface area contributed by atoms with Crippen molar-refractivity contribution in [2.24, 2.45) is 0 Å². The van der Waals surface area contributed by atoms with E-state index in [1.165, 1.54) is 38.9 Å². The second kappa shape index (κ2) is 14.8. The van der Waals surface area contributed by atoms with Crippen LogP contribution in [0, 0.1) is 0 Å². The number of nitrogens with zero attached hydrogens (tertiary/aromatic N) is 2. The Morgan fingerprint density at radius 3 is 1.71 bits per heavy atom. The Balaban J connectivity index is 1.10. The van der Waals surface area contributed by atoms with E-state index in [1.54, 1.807) is 0 Å².